The van der Waals surface area contributed by atoms with Crippen LogP contribution in [-0.2, 0) is 28.5 Å². The summed E-state index contributed by atoms with van der Waals surface area (Å²) in [6, 6.07) is 0. The fourth-order valence-electron chi connectivity index (χ4n) is 5.63. The number of rotatable bonds is 38. The van der Waals surface area contributed by atoms with Gasteiger partial charge in [-0.25, -0.2) is 9.59 Å². The number of carbonyl (C=O) groups excluding carboxylic acids is 2. The van der Waals surface area contributed by atoms with E-state index >= 15 is 0 Å². The van der Waals surface area contributed by atoms with Crippen LogP contribution in [0.4, 0.5) is 4.79 Å². The summed E-state index contributed by atoms with van der Waals surface area (Å²) in [6.45, 7) is 8.77. The molecule has 0 amide bonds. The molecular formula is C43H81NO7. The minimum atomic E-state index is -0.987. The van der Waals surface area contributed by atoms with Gasteiger partial charge in [-0.05, 0) is 84.7 Å². The van der Waals surface area contributed by atoms with Gasteiger partial charge in [-0.2, -0.15) is 0 Å². The Morgan fingerprint density at radius 3 is 1.61 bits per heavy atom. The number of esters is 1. The molecule has 51 heavy (non-hydrogen) atoms. The Morgan fingerprint density at radius 2 is 1.02 bits per heavy atom. The molecule has 1 unspecified atom stereocenters. The third-order valence-corrected chi connectivity index (χ3v) is 8.89. The highest BCUT2D eigenvalue weighted by molar-refractivity contribution is 5.73. The third-order valence-electron chi connectivity index (χ3n) is 8.89. The maximum atomic E-state index is 12.9. The first-order chi connectivity index (χ1) is 24.9. The van der Waals surface area contributed by atoms with Crippen molar-refractivity contribution in [2.45, 2.75) is 194 Å². The molecule has 0 aromatic rings. The van der Waals surface area contributed by atoms with Gasteiger partial charge in [-0.1, -0.05) is 135 Å². The molecule has 0 bridgehead atoms. The Hall–Kier alpha value is -1.90. The number of ether oxygens (including phenoxy) is 5. The Balaban J connectivity index is 4.58. The number of hydrogen-bond acceptors (Lipinski definition) is 8. The second-order valence-electron chi connectivity index (χ2n) is 14.2. The predicted octanol–water partition coefficient (Wildman–Crippen LogP) is 11.9. The summed E-state index contributed by atoms with van der Waals surface area (Å²) < 4.78 is 28.3. The average Bonchev–Trinajstić information content (AvgIpc) is 3.11. The Morgan fingerprint density at radius 1 is 0.529 bits per heavy atom. The molecule has 0 radical (unpaired) electrons. The zero-order chi connectivity index (χ0) is 37.5. The molecule has 0 aromatic heterocycles. The first kappa shape index (κ1) is 49.1. The summed E-state index contributed by atoms with van der Waals surface area (Å²) >= 11 is 0. The average molecular weight is 724 g/mol. The lowest BCUT2D eigenvalue weighted by molar-refractivity contribution is -0.196. The molecule has 0 aliphatic heterocycles. The monoisotopic (exact) mass is 724 g/mol. The summed E-state index contributed by atoms with van der Waals surface area (Å²) in [7, 11) is 3.87. The smallest absolute Gasteiger partial charge is 0.462 e. The van der Waals surface area contributed by atoms with Crippen molar-refractivity contribution in [1.29, 1.82) is 0 Å². The summed E-state index contributed by atoms with van der Waals surface area (Å²) in [4.78, 5) is 27.3. The normalized spacial score (nSPS) is 12.5. The molecule has 0 fully saturated rings. The van der Waals surface area contributed by atoms with E-state index in [-0.39, 0.29) is 12.7 Å². The van der Waals surface area contributed by atoms with Gasteiger partial charge in [0.2, 0.25) is 0 Å². The molecule has 0 aromatic carbocycles. The van der Waals surface area contributed by atoms with E-state index in [1.165, 1.54) is 89.9 Å². The van der Waals surface area contributed by atoms with E-state index in [0.29, 0.717) is 39.2 Å². The van der Waals surface area contributed by atoms with Crippen LogP contribution in [-0.4, -0.2) is 76.5 Å². The first-order valence-corrected chi connectivity index (χ1v) is 21.1. The number of unbranched alkanes of at least 4 members (excludes halogenated alkanes) is 17. The van der Waals surface area contributed by atoms with Gasteiger partial charge in [-0.15, -0.1) is 0 Å². The SMILES string of the molecule is CCCCC/C=C\C/C=C\CCCCCCCCC(CCCOC(=O)C(OCCCCCCC)OCCCCCCC)OC(=O)OCCN(C)C. The minimum absolute atomic E-state index is 0.230. The fraction of sp³-hybridized carbons (Fsp3) is 0.860. The highest BCUT2D eigenvalue weighted by Crippen LogP contribution is 2.16. The zero-order valence-corrected chi connectivity index (χ0v) is 34.0. The van der Waals surface area contributed by atoms with E-state index in [1.807, 2.05) is 19.0 Å². The van der Waals surface area contributed by atoms with E-state index in [2.05, 4.69) is 45.1 Å². The molecule has 0 saturated carbocycles. The lowest BCUT2D eigenvalue weighted by atomic mass is 10.0. The van der Waals surface area contributed by atoms with Crippen LogP contribution in [0.1, 0.15) is 181 Å². The van der Waals surface area contributed by atoms with E-state index in [1.54, 1.807) is 0 Å². The van der Waals surface area contributed by atoms with Crippen LogP contribution < -0.4 is 0 Å². The van der Waals surface area contributed by atoms with Gasteiger partial charge in [0.25, 0.3) is 6.29 Å². The van der Waals surface area contributed by atoms with Gasteiger partial charge in [-0.3, -0.25) is 0 Å². The largest absolute Gasteiger partial charge is 0.508 e. The number of hydrogen-bond donors (Lipinski definition) is 0. The Bertz CT molecular complexity index is 800. The molecule has 0 rings (SSSR count). The molecule has 8 nitrogen and oxygen atoms in total. The van der Waals surface area contributed by atoms with Gasteiger partial charge in [0.1, 0.15) is 12.7 Å². The second kappa shape index (κ2) is 39.3. The highest BCUT2D eigenvalue weighted by atomic mass is 16.7. The van der Waals surface area contributed by atoms with Gasteiger partial charge in [0.15, 0.2) is 0 Å². The first-order valence-electron chi connectivity index (χ1n) is 21.1. The van der Waals surface area contributed by atoms with Crippen molar-refractivity contribution in [2.75, 3.05) is 47.1 Å². The van der Waals surface area contributed by atoms with Crippen LogP contribution >= 0.6 is 0 Å². The van der Waals surface area contributed by atoms with E-state index < -0.39 is 18.4 Å². The summed E-state index contributed by atoms with van der Waals surface area (Å²) in [5.74, 6) is -0.470. The topological polar surface area (TPSA) is 83.5 Å². The molecule has 0 spiro atoms. The molecule has 8 heteroatoms. The van der Waals surface area contributed by atoms with Crippen LogP contribution in [0.2, 0.25) is 0 Å². The van der Waals surface area contributed by atoms with Crippen LogP contribution in [0.3, 0.4) is 0 Å². The van der Waals surface area contributed by atoms with E-state index in [0.717, 1.165) is 57.8 Å². The van der Waals surface area contributed by atoms with Gasteiger partial charge >= 0.3 is 12.1 Å². The van der Waals surface area contributed by atoms with Gasteiger partial charge < -0.3 is 28.6 Å². The number of carbonyl (C=O) groups is 2. The Kier molecular flexibility index (Phi) is 37.8. The standard InChI is InChI=1S/C43H81NO7/c1-6-9-12-15-16-17-18-19-20-21-22-23-24-25-26-29-33-40(51-43(46)50-39-35-44(4)5)34-32-38-47-41(45)42(48-36-30-27-13-10-7-2)49-37-31-28-14-11-8-3/h16-17,19-20,40,42H,6-15,18,21-39H2,1-5H3/b17-16-,20-19-. The molecule has 0 heterocycles. The van der Waals surface area contributed by atoms with Crippen LogP contribution in [0.15, 0.2) is 24.3 Å². The van der Waals surface area contributed by atoms with Gasteiger partial charge in [0.05, 0.1) is 19.8 Å². The molecular weight excluding hydrogens is 642 g/mol. The van der Waals surface area contributed by atoms with Crippen molar-refractivity contribution < 1.29 is 33.3 Å². The molecule has 0 saturated heterocycles. The molecule has 0 N–H and O–H groups in total. The fourth-order valence-corrected chi connectivity index (χ4v) is 5.63. The van der Waals surface area contributed by atoms with E-state index in [4.69, 9.17) is 23.7 Å². The summed E-state index contributed by atoms with van der Waals surface area (Å²) in [5, 5.41) is 0. The van der Waals surface area contributed by atoms with Crippen molar-refractivity contribution >= 4 is 12.1 Å². The third kappa shape index (κ3) is 36.3. The Labute approximate surface area is 314 Å². The lowest BCUT2D eigenvalue weighted by Gasteiger charge is -2.19. The van der Waals surface area contributed by atoms with E-state index in [9.17, 15) is 9.59 Å². The molecule has 300 valence electrons. The van der Waals surface area contributed by atoms with Crippen molar-refractivity contribution in [3.05, 3.63) is 24.3 Å². The summed E-state index contributed by atoms with van der Waals surface area (Å²) in [6.07, 6.45) is 34.7. The zero-order valence-electron chi connectivity index (χ0n) is 34.0. The van der Waals surface area contributed by atoms with Crippen LogP contribution in [0.25, 0.3) is 0 Å². The van der Waals surface area contributed by atoms with Crippen molar-refractivity contribution in [3.8, 4) is 0 Å². The second-order valence-corrected chi connectivity index (χ2v) is 14.2. The number of nitrogens with zero attached hydrogens (tertiary/aromatic N) is 1. The number of allylic oxidation sites excluding steroid dienone is 4. The van der Waals surface area contributed by atoms with Crippen LogP contribution in [0, 0.1) is 0 Å². The summed E-state index contributed by atoms with van der Waals surface area (Å²) in [5.41, 5.74) is 0. The van der Waals surface area contributed by atoms with Crippen molar-refractivity contribution in [3.63, 3.8) is 0 Å². The van der Waals surface area contributed by atoms with Gasteiger partial charge in [0, 0.05) is 6.54 Å². The van der Waals surface area contributed by atoms with Crippen molar-refractivity contribution in [2.24, 2.45) is 0 Å². The lowest BCUT2D eigenvalue weighted by Crippen LogP contribution is -2.31. The quantitative estimate of drug-likeness (QED) is 0.0269. The number of likely N-dealkylation sites (N-methyl/N-ethyl adjacent to an activating group) is 1. The maximum Gasteiger partial charge on any atom is 0.508 e. The predicted molar refractivity (Wildman–Crippen MR) is 212 cm³/mol. The highest BCUT2D eigenvalue weighted by Gasteiger charge is 2.22. The molecule has 0 aliphatic carbocycles. The molecule has 1 atom stereocenters. The minimum Gasteiger partial charge on any atom is -0.462 e. The maximum absolute atomic E-state index is 12.9. The van der Waals surface area contributed by atoms with Crippen molar-refractivity contribution in [1.82, 2.24) is 4.90 Å². The van der Waals surface area contributed by atoms with Crippen LogP contribution in [0.5, 0.6) is 0 Å². The molecule has 0 aliphatic rings.